The topological polar surface area (TPSA) is 130 Å². The van der Waals surface area contributed by atoms with Gasteiger partial charge in [0.1, 0.15) is 17.9 Å². The van der Waals surface area contributed by atoms with Gasteiger partial charge in [-0.15, -0.1) is 0 Å². The number of carbonyl (C=O) groups is 2. The van der Waals surface area contributed by atoms with E-state index in [-0.39, 0.29) is 12.5 Å². The van der Waals surface area contributed by atoms with Crippen LogP contribution in [0.3, 0.4) is 0 Å². The molecule has 0 fully saturated rings. The van der Waals surface area contributed by atoms with Crippen molar-refractivity contribution < 1.29 is 9.59 Å². The Hall–Kier alpha value is -3.68. The van der Waals surface area contributed by atoms with E-state index in [0.29, 0.717) is 23.3 Å². The molecule has 4 rings (SSSR count). The van der Waals surface area contributed by atoms with Crippen LogP contribution in [-0.4, -0.2) is 38.7 Å². The molecule has 1 aromatic carbocycles. The third-order valence-corrected chi connectivity index (χ3v) is 4.12. The Morgan fingerprint density at radius 1 is 1.23 bits per heavy atom. The zero-order valence-electron chi connectivity index (χ0n) is 14.0. The first-order chi connectivity index (χ1) is 12.5. The highest BCUT2D eigenvalue weighted by Gasteiger charge is 2.14. The summed E-state index contributed by atoms with van der Waals surface area (Å²) in [6.07, 6.45) is 0.649. The summed E-state index contributed by atoms with van der Waals surface area (Å²) in [5.74, 6) is 0.845. The molecule has 0 bridgehead atoms. The van der Waals surface area contributed by atoms with Gasteiger partial charge in [-0.25, -0.2) is 9.97 Å². The number of nitrogens with zero attached hydrogens (tertiary/aromatic N) is 2. The molecule has 0 atom stereocenters. The van der Waals surface area contributed by atoms with Crippen molar-refractivity contribution in [2.45, 2.75) is 6.92 Å². The number of anilines is 1. The molecule has 3 heterocycles. The molecule has 0 saturated carbocycles. The number of rotatable bonds is 4. The normalized spacial score (nSPS) is 11.1. The fourth-order valence-corrected chi connectivity index (χ4v) is 2.99. The van der Waals surface area contributed by atoms with Crippen LogP contribution in [-0.2, 0) is 4.79 Å². The number of H-pyrrole nitrogens is 2. The van der Waals surface area contributed by atoms with Crippen molar-refractivity contribution in [3.63, 3.8) is 0 Å². The summed E-state index contributed by atoms with van der Waals surface area (Å²) in [7, 11) is 0. The fourth-order valence-electron chi connectivity index (χ4n) is 2.99. The van der Waals surface area contributed by atoms with E-state index in [0.717, 1.165) is 33.5 Å². The molecule has 0 spiro atoms. The number of nitrogen functional groups attached to an aromatic ring is 1. The van der Waals surface area contributed by atoms with Crippen molar-refractivity contribution in [2.24, 2.45) is 0 Å². The molecule has 8 nitrogen and oxygen atoms in total. The number of benzene rings is 1. The number of aromatic amines is 2. The Labute approximate surface area is 147 Å². The molecule has 130 valence electrons. The van der Waals surface area contributed by atoms with E-state index in [2.05, 4.69) is 25.3 Å². The smallest absolute Gasteiger partial charge is 0.251 e. The highest BCUT2D eigenvalue weighted by atomic mass is 16.2. The number of hydrogen-bond donors (Lipinski definition) is 4. The van der Waals surface area contributed by atoms with Gasteiger partial charge >= 0.3 is 0 Å². The monoisotopic (exact) mass is 348 g/mol. The Balaban J connectivity index is 1.81. The number of pyridine rings is 1. The summed E-state index contributed by atoms with van der Waals surface area (Å²) in [4.78, 5) is 37.5. The van der Waals surface area contributed by atoms with Crippen molar-refractivity contribution in [2.75, 3.05) is 12.3 Å². The quantitative estimate of drug-likeness (QED) is 0.419. The summed E-state index contributed by atoms with van der Waals surface area (Å²) in [6.45, 7) is 1.85. The fraction of sp³-hybridized carbons (Fsp3) is 0.111. The third kappa shape index (κ3) is 2.67. The number of imidazole rings is 1. The minimum Gasteiger partial charge on any atom is -0.384 e. The number of hydrogen-bond acceptors (Lipinski definition) is 5. The van der Waals surface area contributed by atoms with E-state index in [9.17, 15) is 9.59 Å². The molecule has 26 heavy (non-hydrogen) atoms. The van der Waals surface area contributed by atoms with Crippen molar-refractivity contribution in [1.82, 2.24) is 25.3 Å². The molecule has 0 radical (unpaired) electrons. The molecule has 0 aliphatic heterocycles. The molecule has 0 aliphatic rings. The molecular weight excluding hydrogens is 332 g/mol. The lowest BCUT2D eigenvalue weighted by Gasteiger charge is -2.01. The molecule has 8 heteroatoms. The maximum Gasteiger partial charge on any atom is 0.251 e. The van der Waals surface area contributed by atoms with E-state index < -0.39 is 0 Å². The van der Waals surface area contributed by atoms with Crippen molar-refractivity contribution in [3.05, 3.63) is 41.7 Å². The third-order valence-electron chi connectivity index (χ3n) is 4.12. The predicted octanol–water partition coefficient (Wildman–Crippen LogP) is 1.93. The molecule has 3 aromatic heterocycles. The molecule has 0 saturated heterocycles. The lowest BCUT2D eigenvalue weighted by atomic mass is 10.1. The van der Waals surface area contributed by atoms with Crippen LogP contribution in [0.25, 0.3) is 33.3 Å². The number of aromatic nitrogens is 4. The standard InChI is InChI=1S/C18H16N6O2/c1-9-21-16-12(8-15(19)24-17(16)22-9)14-7-11-6-10(2-3-13(11)23-14)18(26)20-4-5-25/h2-3,5-8,23H,4H2,1H3,(H,20,26)(H3,19,21,22,24). The van der Waals surface area contributed by atoms with Gasteiger partial charge in [-0.1, -0.05) is 0 Å². The largest absolute Gasteiger partial charge is 0.384 e. The summed E-state index contributed by atoms with van der Waals surface area (Å²) < 4.78 is 0. The van der Waals surface area contributed by atoms with Gasteiger partial charge in [-0.2, -0.15) is 0 Å². The van der Waals surface area contributed by atoms with Crippen LogP contribution in [0.15, 0.2) is 30.3 Å². The second kappa shape index (κ2) is 5.99. The number of nitrogens with two attached hydrogens (primary N) is 1. The van der Waals surface area contributed by atoms with E-state index in [1.54, 1.807) is 18.2 Å². The first kappa shape index (κ1) is 15.8. The van der Waals surface area contributed by atoms with Crippen LogP contribution >= 0.6 is 0 Å². The molecule has 5 N–H and O–H groups in total. The average molecular weight is 348 g/mol. The van der Waals surface area contributed by atoms with Gasteiger partial charge in [0.05, 0.1) is 12.1 Å². The second-order valence-corrected chi connectivity index (χ2v) is 5.98. The number of fused-ring (bicyclic) bond motifs is 2. The highest BCUT2D eigenvalue weighted by molar-refractivity contribution is 6.00. The van der Waals surface area contributed by atoms with Crippen LogP contribution in [0.5, 0.6) is 0 Å². The van der Waals surface area contributed by atoms with Crippen LogP contribution in [0.2, 0.25) is 0 Å². The Morgan fingerprint density at radius 2 is 2.08 bits per heavy atom. The van der Waals surface area contributed by atoms with Crippen LogP contribution in [0, 0.1) is 6.92 Å². The van der Waals surface area contributed by atoms with Gasteiger partial charge in [0.25, 0.3) is 5.91 Å². The minimum absolute atomic E-state index is 0.0112. The van der Waals surface area contributed by atoms with E-state index >= 15 is 0 Å². The van der Waals surface area contributed by atoms with E-state index in [1.807, 2.05) is 19.1 Å². The van der Waals surface area contributed by atoms with E-state index in [1.165, 1.54) is 0 Å². The summed E-state index contributed by atoms with van der Waals surface area (Å²) in [5, 5.41) is 3.40. The molecule has 4 aromatic rings. The lowest BCUT2D eigenvalue weighted by Crippen LogP contribution is -2.24. The molecule has 0 unspecified atom stereocenters. The summed E-state index contributed by atoms with van der Waals surface area (Å²) in [6, 6.07) is 9.03. The zero-order valence-corrected chi connectivity index (χ0v) is 14.0. The van der Waals surface area contributed by atoms with Gasteiger partial charge in [0.15, 0.2) is 5.65 Å². The summed E-state index contributed by atoms with van der Waals surface area (Å²) >= 11 is 0. The maximum atomic E-state index is 12.0. The minimum atomic E-state index is -0.290. The molecular formula is C18H16N6O2. The first-order valence-corrected chi connectivity index (χ1v) is 8.03. The summed E-state index contributed by atoms with van der Waals surface area (Å²) in [5.41, 5.74) is 10.3. The number of amides is 1. The lowest BCUT2D eigenvalue weighted by molar-refractivity contribution is -0.107. The zero-order chi connectivity index (χ0) is 18.3. The van der Waals surface area contributed by atoms with Gasteiger partial charge in [-0.3, -0.25) is 4.79 Å². The molecule has 0 aliphatic carbocycles. The van der Waals surface area contributed by atoms with E-state index in [4.69, 9.17) is 5.73 Å². The molecule has 1 amide bonds. The average Bonchev–Trinajstić information content (AvgIpc) is 3.20. The van der Waals surface area contributed by atoms with Gasteiger partial charge in [0, 0.05) is 27.7 Å². The van der Waals surface area contributed by atoms with Crippen molar-refractivity contribution >= 4 is 40.1 Å². The van der Waals surface area contributed by atoms with Crippen LogP contribution < -0.4 is 11.1 Å². The van der Waals surface area contributed by atoms with Crippen LogP contribution in [0.4, 0.5) is 5.82 Å². The van der Waals surface area contributed by atoms with Gasteiger partial charge in [0.2, 0.25) is 0 Å². The SMILES string of the molecule is Cc1nc2nc(N)cc(-c3cc4cc(C(=O)NCC=O)ccc4[nH]3)c2[nH]1. The second-order valence-electron chi connectivity index (χ2n) is 5.98. The van der Waals surface area contributed by atoms with Crippen LogP contribution in [0.1, 0.15) is 16.2 Å². The highest BCUT2D eigenvalue weighted by Crippen LogP contribution is 2.30. The number of nitrogens with one attached hydrogen (secondary N) is 3. The Kier molecular flexibility index (Phi) is 3.65. The first-order valence-electron chi connectivity index (χ1n) is 8.03. The number of aryl methyl sites for hydroxylation is 1. The number of carbonyl (C=O) groups excluding carboxylic acids is 2. The maximum absolute atomic E-state index is 12.0. The Morgan fingerprint density at radius 3 is 2.88 bits per heavy atom. The van der Waals surface area contributed by atoms with Crippen molar-refractivity contribution in [1.29, 1.82) is 0 Å². The van der Waals surface area contributed by atoms with Gasteiger partial charge in [-0.05, 0) is 37.3 Å². The Bertz CT molecular complexity index is 1160. The van der Waals surface area contributed by atoms with Gasteiger partial charge < -0.3 is 25.8 Å². The number of aldehydes is 1. The van der Waals surface area contributed by atoms with Crippen molar-refractivity contribution in [3.8, 4) is 11.3 Å². The predicted molar refractivity (Wildman–Crippen MR) is 98.7 cm³/mol.